The van der Waals surface area contributed by atoms with E-state index in [1.807, 2.05) is 39.9 Å². The van der Waals surface area contributed by atoms with Crippen LogP contribution in [0.3, 0.4) is 0 Å². The Kier molecular flexibility index (Phi) is 3.94. The first kappa shape index (κ1) is 16.1. The SMILES string of the molecule is Cc1ccc(N2CC(O)=C(c3nc(-c4cccs4)cs3)C2=N)cc1C. The van der Waals surface area contributed by atoms with Crippen LogP contribution in [0, 0.1) is 19.3 Å². The summed E-state index contributed by atoms with van der Waals surface area (Å²) in [5.41, 5.74) is 4.74. The number of hydrogen-bond donors (Lipinski definition) is 2. The standard InChI is InChI=1S/C19H17N3OS2/c1-11-5-6-13(8-12(11)2)22-9-15(23)17(18(22)20)19-21-14(10-25-19)16-4-3-7-24-16/h3-8,10,20,23H,9H2,1-2H3. The van der Waals surface area contributed by atoms with Crippen molar-refractivity contribution < 1.29 is 5.11 Å². The summed E-state index contributed by atoms with van der Waals surface area (Å²) in [6.45, 7) is 4.43. The van der Waals surface area contributed by atoms with Crippen LogP contribution in [-0.4, -0.2) is 22.5 Å². The van der Waals surface area contributed by atoms with Gasteiger partial charge < -0.3 is 10.0 Å². The van der Waals surface area contributed by atoms with Crippen molar-refractivity contribution in [3.05, 3.63) is 63.0 Å². The fourth-order valence-electron chi connectivity index (χ4n) is 2.84. The number of benzene rings is 1. The lowest BCUT2D eigenvalue weighted by molar-refractivity contribution is 0.411. The van der Waals surface area contributed by atoms with Crippen molar-refractivity contribution in [1.82, 2.24) is 4.98 Å². The zero-order valence-electron chi connectivity index (χ0n) is 13.9. The summed E-state index contributed by atoms with van der Waals surface area (Å²) in [5, 5.41) is 23.7. The van der Waals surface area contributed by atoms with E-state index in [2.05, 4.69) is 24.9 Å². The Morgan fingerprint density at radius 1 is 1.16 bits per heavy atom. The highest BCUT2D eigenvalue weighted by molar-refractivity contribution is 7.14. The van der Waals surface area contributed by atoms with Crippen LogP contribution in [0.5, 0.6) is 0 Å². The normalized spacial score (nSPS) is 14.6. The van der Waals surface area contributed by atoms with Crippen LogP contribution >= 0.6 is 22.7 Å². The molecule has 3 aromatic rings. The minimum absolute atomic E-state index is 0.204. The van der Waals surface area contributed by atoms with Crippen LogP contribution in [0.15, 0.2) is 46.9 Å². The number of nitrogens with zero attached hydrogens (tertiary/aromatic N) is 2. The van der Waals surface area contributed by atoms with Crippen LogP contribution in [0.2, 0.25) is 0 Å². The number of thiazole rings is 1. The van der Waals surface area contributed by atoms with E-state index in [0.717, 1.165) is 16.3 Å². The molecule has 6 heteroatoms. The first-order valence-corrected chi connectivity index (χ1v) is 9.66. The smallest absolute Gasteiger partial charge is 0.139 e. The summed E-state index contributed by atoms with van der Waals surface area (Å²) in [7, 11) is 0. The van der Waals surface area contributed by atoms with E-state index in [0.29, 0.717) is 23.0 Å². The quantitative estimate of drug-likeness (QED) is 0.664. The number of aryl methyl sites for hydroxylation is 2. The molecular weight excluding hydrogens is 350 g/mol. The number of nitrogens with one attached hydrogen (secondary N) is 1. The van der Waals surface area contributed by atoms with Gasteiger partial charge in [-0.3, -0.25) is 5.41 Å². The van der Waals surface area contributed by atoms with E-state index in [1.54, 1.807) is 11.3 Å². The first-order valence-electron chi connectivity index (χ1n) is 7.90. The molecule has 0 fully saturated rings. The fraction of sp³-hybridized carbons (Fsp3) is 0.158. The van der Waals surface area contributed by atoms with Gasteiger partial charge in [-0.15, -0.1) is 22.7 Å². The third kappa shape index (κ3) is 2.77. The molecule has 1 aliphatic rings. The number of thiophene rings is 1. The molecule has 0 aliphatic carbocycles. The van der Waals surface area contributed by atoms with Gasteiger partial charge in [0.2, 0.25) is 0 Å². The van der Waals surface area contributed by atoms with Crippen molar-refractivity contribution in [2.45, 2.75) is 13.8 Å². The molecule has 0 atom stereocenters. The highest BCUT2D eigenvalue weighted by atomic mass is 32.1. The van der Waals surface area contributed by atoms with Crippen molar-refractivity contribution in [2.75, 3.05) is 11.4 Å². The highest BCUT2D eigenvalue weighted by Gasteiger charge is 2.31. The van der Waals surface area contributed by atoms with Gasteiger partial charge in [-0.2, -0.15) is 0 Å². The zero-order chi connectivity index (χ0) is 17.6. The Morgan fingerprint density at radius 3 is 2.72 bits per heavy atom. The van der Waals surface area contributed by atoms with E-state index >= 15 is 0 Å². The first-order chi connectivity index (χ1) is 12.0. The maximum Gasteiger partial charge on any atom is 0.139 e. The van der Waals surface area contributed by atoms with Gasteiger partial charge >= 0.3 is 0 Å². The van der Waals surface area contributed by atoms with Crippen LogP contribution in [0.25, 0.3) is 16.1 Å². The topological polar surface area (TPSA) is 60.2 Å². The third-order valence-electron chi connectivity index (χ3n) is 4.40. The second kappa shape index (κ2) is 6.13. The highest BCUT2D eigenvalue weighted by Crippen LogP contribution is 2.35. The molecule has 0 bridgehead atoms. The van der Waals surface area contributed by atoms with Crippen LogP contribution < -0.4 is 4.90 Å². The minimum Gasteiger partial charge on any atom is -0.510 e. The Balaban J connectivity index is 1.66. The number of aliphatic hydroxyl groups is 1. The number of aromatic nitrogens is 1. The molecule has 0 saturated heterocycles. The van der Waals surface area contributed by atoms with Gasteiger partial charge in [0.1, 0.15) is 16.6 Å². The summed E-state index contributed by atoms with van der Waals surface area (Å²) < 4.78 is 0. The summed E-state index contributed by atoms with van der Waals surface area (Å²) >= 11 is 3.10. The van der Waals surface area contributed by atoms with Gasteiger partial charge in [-0.1, -0.05) is 12.1 Å². The third-order valence-corrected chi connectivity index (χ3v) is 6.15. The van der Waals surface area contributed by atoms with Crippen molar-refractivity contribution in [2.24, 2.45) is 0 Å². The Hall–Kier alpha value is -2.44. The van der Waals surface area contributed by atoms with E-state index in [4.69, 9.17) is 5.41 Å². The summed E-state index contributed by atoms with van der Waals surface area (Å²) in [6, 6.07) is 10.1. The number of amidine groups is 1. The molecule has 0 saturated carbocycles. The molecule has 3 heterocycles. The van der Waals surface area contributed by atoms with Gasteiger partial charge in [0.15, 0.2) is 0 Å². The lowest BCUT2D eigenvalue weighted by atomic mass is 10.1. The molecule has 4 rings (SSSR count). The van der Waals surface area contributed by atoms with Crippen LogP contribution in [0.4, 0.5) is 5.69 Å². The van der Waals surface area contributed by atoms with Gasteiger partial charge in [0.05, 0.1) is 22.7 Å². The molecule has 0 spiro atoms. The largest absolute Gasteiger partial charge is 0.510 e. The number of anilines is 1. The Bertz CT molecular complexity index is 986. The molecule has 25 heavy (non-hydrogen) atoms. The second-order valence-corrected chi connectivity index (χ2v) is 7.85. The van der Waals surface area contributed by atoms with E-state index in [9.17, 15) is 5.11 Å². The fourth-order valence-corrected chi connectivity index (χ4v) is 4.49. The average molecular weight is 367 g/mol. The molecule has 0 radical (unpaired) electrons. The molecule has 1 aliphatic heterocycles. The van der Waals surface area contributed by atoms with Crippen molar-refractivity contribution in [1.29, 1.82) is 5.41 Å². The molecular formula is C19H17N3OS2. The maximum atomic E-state index is 10.5. The van der Waals surface area contributed by atoms with Crippen LogP contribution in [-0.2, 0) is 0 Å². The van der Waals surface area contributed by atoms with Gasteiger partial charge in [-0.25, -0.2) is 4.98 Å². The molecule has 2 N–H and O–H groups in total. The predicted octanol–water partition coefficient (Wildman–Crippen LogP) is 5.26. The monoisotopic (exact) mass is 367 g/mol. The lowest BCUT2D eigenvalue weighted by Crippen LogP contribution is -2.26. The molecule has 0 unspecified atom stereocenters. The average Bonchev–Trinajstić information content (AvgIpc) is 3.30. The molecule has 4 nitrogen and oxygen atoms in total. The summed E-state index contributed by atoms with van der Waals surface area (Å²) in [5.74, 6) is 0.503. The molecule has 126 valence electrons. The van der Waals surface area contributed by atoms with Crippen molar-refractivity contribution >= 4 is 39.8 Å². The number of aliphatic hydroxyl groups excluding tert-OH is 1. The zero-order valence-corrected chi connectivity index (χ0v) is 15.5. The summed E-state index contributed by atoms with van der Waals surface area (Å²) in [6.07, 6.45) is 0. The van der Waals surface area contributed by atoms with Gasteiger partial charge in [0.25, 0.3) is 0 Å². The second-order valence-electron chi connectivity index (χ2n) is 6.04. The maximum absolute atomic E-state index is 10.5. The minimum atomic E-state index is 0.204. The van der Waals surface area contributed by atoms with Crippen molar-refractivity contribution in [3.63, 3.8) is 0 Å². The molecule has 1 aromatic carbocycles. The summed E-state index contributed by atoms with van der Waals surface area (Å²) in [4.78, 5) is 7.56. The van der Waals surface area contributed by atoms with Crippen LogP contribution in [0.1, 0.15) is 16.1 Å². The molecule has 2 aromatic heterocycles. The van der Waals surface area contributed by atoms with Crippen molar-refractivity contribution in [3.8, 4) is 10.6 Å². The van der Waals surface area contributed by atoms with E-state index < -0.39 is 0 Å². The Labute approximate surface area is 154 Å². The van der Waals surface area contributed by atoms with Gasteiger partial charge in [-0.05, 0) is 48.6 Å². The number of rotatable bonds is 3. The van der Waals surface area contributed by atoms with E-state index in [1.165, 1.54) is 22.5 Å². The van der Waals surface area contributed by atoms with E-state index in [-0.39, 0.29) is 5.76 Å². The lowest BCUT2D eigenvalue weighted by Gasteiger charge is -2.19. The predicted molar refractivity (Wildman–Crippen MR) is 106 cm³/mol. The Morgan fingerprint density at radius 2 is 2.00 bits per heavy atom. The number of hydrogen-bond acceptors (Lipinski definition) is 5. The molecule has 0 amide bonds. The van der Waals surface area contributed by atoms with Gasteiger partial charge in [0, 0.05) is 11.1 Å².